The standard InChI is InChI=1S/C31H47NO2/c1-3-5-7-9-11-12-14-16-18-29(31(33)34)27-20-22-28(23-21-27)30-24-19-26(25-32-30)17-15-13-10-8-6-4-2/h19-25,29H,3-18H2,1-2H3,(H,33,34). The van der Waals surface area contributed by atoms with E-state index in [1.54, 1.807) is 0 Å². The van der Waals surface area contributed by atoms with Crippen molar-refractivity contribution in [3.05, 3.63) is 53.7 Å². The zero-order valence-electron chi connectivity index (χ0n) is 21.7. The van der Waals surface area contributed by atoms with Gasteiger partial charge in [0.05, 0.1) is 11.6 Å². The maximum Gasteiger partial charge on any atom is 0.310 e. The smallest absolute Gasteiger partial charge is 0.310 e. The summed E-state index contributed by atoms with van der Waals surface area (Å²) in [5, 5.41) is 9.76. The maximum absolute atomic E-state index is 11.9. The fourth-order valence-corrected chi connectivity index (χ4v) is 4.65. The van der Waals surface area contributed by atoms with E-state index in [4.69, 9.17) is 0 Å². The average molecular weight is 466 g/mol. The summed E-state index contributed by atoms with van der Waals surface area (Å²) in [6.45, 7) is 4.49. The molecule has 0 aliphatic rings. The van der Waals surface area contributed by atoms with Crippen molar-refractivity contribution < 1.29 is 9.90 Å². The van der Waals surface area contributed by atoms with Crippen molar-refractivity contribution in [2.45, 2.75) is 122 Å². The predicted octanol–water partition coefficient (Wildman–Crippen LogP) is 9.35. The Hall–Kier alpha value is -2.16. The van der Waals surface area contributed by atoms with Gasteiger partial charge < -0.3 is 5.11 Å². The molecule has 1 unspecified atom stereocenters. The third-order valence-electron chi connectivity index (χ3n) is 6.90. The number of nitrogens with zero attached hydrogens (tertiary/aromatic N) is 1. The second kappa shape index (κ2) is 17.3. The van der Waals surface area contributed by atoms with Crippen molar-refractivity contribution in [1.82, 2.24) is 4.98 Å². The minimum absolute atomic E-state index is 0.415. The van der Waals surface area contributed by atoms with Crippen molar-refractivity contribution in [3.8, 4) is 11.3 Å². The normalized spacial score (nSPS) is 12.1. The van der Waals surface area contributed by atoms with Crippen LogP contribution in [0.25, 0.3) is 11.3 Å². The molecular weight excluding hydrogens is 418 g/mol. The van der Waals surface area contributed by atoms with Crippen molar-refractivity contribution in [2.24, 2.45) is 0 Å². The highest BCUT2D eigenvalue weighted by Crippen LogP contribution is 2.26. The highest BCUT2D eigenvalue weighted by atomic mass is 16.4. The number of benzene rings is 1. The van der Waals surface area contributed by atoms with Gasteiger partial charge in [0, 0.05) is 11.8 Å². The zero-order chi connectivity index (χ0) is 24.4. The van der Waals surface area contributed by atoms with Crippen LogP contribution in [0.5, 0.6) is 0 Å². The number of unbranched alkanes of at least 4 members (excludes halogenated alkanes) is 12. The first kappa shape index (κ1) is 28.1. The molecule has 0 spiro atoms. The molecule has 1 aromatic heterocycles. The number of aromatic nitrogens is 1. The second-order valence-electron chi connectivity index (χ2n) is 9.85. The summed E-state index contributed by atoms with van der Waals surface area (Å²) in [4.78, 5) is 16.5. The average Bonchev–Trinajstić information content (AvgIpc) is 2.85. The van der Waals surface area contributed by atoms with Crippen molar-refractivity contribution in [3.63, 3.8) is 0 Å². The molecule has 1 N–H and O–H groups in total. The Kier molecular flexibility index (Phi) is 14.3. The van der Waals surface area contributed by atoms with Gasteiger partial charge in [0.25, 0.3) is 0 Å². The van der Waals surface area contributed by atoms with Crippen LogP contribution in [-0.2, 0) is 11.2 Å². The molecule has 0 aliphatic carbocycles. The van der Waals surface area contributed by atoms with Crippen LogP contribution in [0.1, 0.15) is 127 Å². The number of carbonyl (C=O) groups is 1. The van der Waals surface area contributed by atoms with Gasteiger partial charge >= 0.3 is 5.97 Å². The number of carboxylic acid groups (broad SMARTS) is 1. The van der Waals surface area contributed by atoms with Crippen LogP contribution in [0.3, 0.4) is 0 Å². The molecule has 0 saturated carbocycles. The van der Waals surface area contributed by atoms with Crippen LogP contribution in [0, 0.1) is 0 Å². The molecule has 2 rings (SSSR count). The highest BCUT2D eigenvalue weighted by molar-refractivity contribution is 5.76. The van der Waals surface area contributed by atoms with E-state index in [1.165, 1.54) is 82.6 Å². The number of hydrogen-bond donors (Lipinski definition) is 1. The molecule has 2 aromatic rings. The number of hydrogen-bond acceptors (Lipinski definition) is 2. The molecule has 0 radical (unpaired) electrons. The van der Waals surface area contributed by atoms with Crippen molar-refractivity contribution in [1.29, 1.82) is 0 Å². The fraction of sp³-hybridized carbons (Fsp3) is 0.613. The Labute approximate surface area is 208 Å². The molecule has 1 heterocycles. The van der Waals surface area contributed by atoms with Gasteiger partial charge in [0.2, 0.25) is 0 Å². The lowest BCUT2D eigenvalue weighted by Crippen LogP contribution is -2.11. The maximum atomic E-state index is 11.9. The molecular formula is C31H47NO2. The summed E-state index contributed by atoms with van der Waals surface area (Å²) in [5.74, 6) is -1.13. The predicted molar refractivity (Wildman–Crippen MR) is 144 cm³/mol. The van der Waals surface area contributed by atoms with E-state index in [-0.39, 0.29) is 0 Å². The third kappa shape index (κ3) is 10.8. The lowest BCUT2D eigenvalue weighted by Gasteiger charge is -2.13. The SMILES string of the molecule is CCCCCCCCCCC(C(=O)O)c1ccc(-c2ccc(CCCCCCCC)cn2)cc1. The van der Waals surface area contributed by atoms with E-state index in [9.17, 15) is 9.90 Å². The Bertz CT molecular complexity index is 782. The Morgan fingerprint density at radius 1 is 0.735 bits per heavy atom. The van der Waals surface area contributed by atoms with E-state index >= 15 is 0 Å². The van der Waals surface area contributed by atoms with Crippen LogP contribution in [0.15, 0.2) is 42.6 Å². The topological polar surface area (TPSA) is 50.2 Å². The van der Waals surface area contributed by atoms with Gasteiger partial charge in [-0.1, -0.05) is 128 Å². The Morgan fingerprint density at radius 3 is 1.82 bits per heavy atom. The highest BCUT2D eigenvalue weighted by Gasteiger charge is 2.19. The number of rotatable bonds is 19. The lowest BCUT2D eigenvalue weighted by molar-refractivity contribution is -0.139. The van der Waals surface area contributed by atoms with Gasteiger partial charge in [0.1, 0.15) is 0 Å². The van der Waals surface area contributed by atoms with Crippen molar-refractivity contribution >= 4 is 5.97 Å². The summed E-state index contributed by atoms with van der Waals surface area (Å²) in [7, 11) is 0. The molecule has 1 aromatic carbocycles. The first-order valence-electron chi connectivity index (χ1n) is 13.9. The third-order valence-corrected chi connectivity index (χ3v) is 6.90. The Balaban J connectivity index is 1.79. The number of aliphatic carboxylic acids is 1. The van der Waals surface area contributed by atoms with Crippen LogP contribution in [-0.4, -0.2) is 16.1 Å². The molecule has 0 bridgehead atoms. The van der Waals surface area contributed by atoms with Crippen LogP contribution in [0.2, 0.25) is 0 Å². The molecule has 34 heavy (non-hydrogen) atoms. The van der Waals surface area contributed by atoms with Crippen LogP contribution >= 0.6 is 0 Å². The van der Waals surface area contributed by atoms with Gasteiger partial charge in [-0.2, -0.15) is 0 Å². The molecule has 0 amide bonds. The number of pyridine rings is 1. The van der Waals surface area contributed by atoms with Gasteiger partial charge in [-0.05, 0) is 36.5 Å². The second-order valence-corrected chi connectivity index (χ2v) is 9.85. The molecule has 1 atom stereocenters. The van der Waals surface area contributed by atoms with Gasteiger partial charge in [-0.25, -0.2) is 0 Å². The largest absolute Gasteiger partial charge is 0.481 e. The molecule has 0 fully saturated rings. The van der Waals surface area contributed by atoms with E-state index in [0.29, 0.717) is 0 Å². The summed E-state index contributed by atoms with van der Waals surface area (Å²) in [5.41, 5.74) is 4.20. The fourth-order valence-electron chi connectivity index (χ4n) is 4.65. The Morgan fingerprint density at radius 2 is 1.29 bits per heavy atom. The van der Waals surface area contributed by atoms with E-state index in [0.717, 1.165) is 42.5 Å². The summed E-state index contributed by atoms with van der Waals surface area (Å²) in [6, 6.07) is 12.3. The van der Waals surface area contributed by atoms with Crippen LogP contribution in [0.4, 0.5) is 0 Å². The van der Waals surface area contributed by atoms with E-state index in [1.807, 2.05) is 30.5 Å². The summed E-state index contributed by atoms with van der Waals surface area (Å²) in [6.07, 6.45) is 21.5. The monoisotopic (exact) mass is 465 g/mol. The van der Waals surface area contributed by atoms with Crippen LogP contribution < -0.4 is 0 Å². The van der Waals surface area contributed by atoms with Gasteiger partial charge in [-0.15, -0.1) is 0 Å². The number of carboxylic acids is 1. The molecule has 0 saturated heterocycles. The molecule has 188 valence electrons. The summed E-state index contributed by atoms with van der Waals surface area (Å²) < 4.78 is 0. The minimum Gasteiger partial charge on any atom is -0.481 e. The number of aryl methyl sites for hydroxylation is 1. The first-order chi connectivity index (χ1) is 16.7. The van der Waals surface area contributed by atoms with Gasteiger partial charge in [-0.3, -0.25) is 9.78 Å². The van der Waals surface area contributed by atoms with Crippen molar-refractivity contribution in [2.75, 3.05) is 0 Å². The zero-order valence-corrected chi connectivity index (χ0v) is 21.7. The lowest BCUT2D eigenvalue weighted by atomic mass is 9.92. The summed E-state index contributed by atoms with van der Waals surface area (Å²) >= 11 is 0. The quantitative estimate of drug-likeness (QED) is 0.210. The molecule has 0 aliphatic heterocycles. The van der Waals surface area contributed by atoms with E-state index in [2.05, 4.69) is 31.0 Å². The van der Waals surface area contributed by atoms with E-state index < -0.39 is 11.9 Å². The van der Waals surface area contributed by atoms with Gasteiger partial charge in [0.15, 0.2) is 0 Å². The minimum atomic E-state index is -0.715. The first-order valence-corrected chi connectivity index (χ1v) is 13.9. The molecule has 3 heteroatoms. The molecule has 3 nitrogen and oxygen atoms in total.